The van der Waals surface area contributed by atoms with Gasteiger partial charge in [0.2, 0.25) is 5.91 Å². The van der Waals surface area contributed by atoms with Crippen molar-refractivity contribution in [3.63, 3.8) is 0 Å². The Morgan fingerprint density at radius 1 is 1.50 bits per heavy atom. The molecule has 0 aromatic heterocycles. The molecule has 1 fully saturated rings. The molecule has 1 aromatic carbocycles. The third-order valence-electron chi connectivity index (χ3n) is 3.09. The van der Waals surface area contributed by atoms with Crippen molar-refractivity contribution < 1.29 is 4.79 Å². The summed E-state index contributed by atoms with van der Waals surface area (Å²) in [6.45, 7) is 2.89. The molecule has 0 saturated carbocycles. The summed E-state index contributed by atoms with van der Waals surface area (Å²) in [4.78, 5) is 11.0. The molecule has 1 amide bonds. The van der Waals surface area contributed by atoms with Gasteiger partial charge < -0.3 is 5.73 Å². The van der Waals surface area contributed by atoms with E-state index in [1.54, 1.807) is 11.8 Å². The lowest BCUT2D eigenvalue weighted by Crippen LogP contribution is -2.53. The molecule has 3 nitrogen and oxygen atoms in total. The van der Waals surface area contributed by atoms with Crippen LogP contribution in [0, 0.1) is 0 Å². The van der Waals surface area contributed by atoms with Crippen molar-refractivity contribution in [2.24, 2.45) is 5.73 Å². The molecule has 1 aliphatic rings. The zero-order valence-corrected chi connectivity index (χ0v) is 10.1. The number of thioether (sulfide) groups is 1. The minimum absolute atomic E-state index is 0.0821. The van der Waals surface area contributed by atoms with E-state index < -0.39 is 4.87 Å². The lowest BCUT2D eigenvalue weighted by atomic mass is 9.92. The van der Waals surface area contributed by atoms with Crippen LogP contribution in [0.5, 0.6) is 0 Å². The van der Waals surface area contributed by atoms with Crippen molar-refractivity contribution >= 4 is 17.7 Å². The summed E-state index contributed by atoms with van der Waals surface area (Å²) in [6, 6.07) is 10.0. The fourth-order valence-electron chi connectivity index (χ4n) is 2.13. The summed E-state index contributed by atoms with van der Waals surface area (Å²) < 4.78 is 0. The van der Waals surface area contributed by atoms with Crippen molar-refractivity contribution in [2.75, 3.05) is 12.3 Å². The molecule has 0 radical (unpaired) electrons. The number of nitrogens with two attached hydrogens (primary N) is 1. The monoisotopic (exact) mass is 236 g/mol. The van der Waals surface area contributed by atoms with Gasteiger partial charge in [-0.15, -0.1) is 11.8 Å². The predicted molar refractivity (Wildman–Crippen MR) is 67.2 cm³/mol. The fourth-order valence-corrected chi connectivity index (χ4v) is 3.38. The van der Waals surface area contributed by atoms with E-state index in [-0.39, 0.29) is 11.8 Å². The van der Waals surface area contributed by atoms with Gasteiger partial charge in [0, 0.05) is 18.2 Å². The minimum Gasteiger partial charge on any atom is -0.367 e. The molecule has 0 bridgehead atoms. The number of amides is 1. The molecule has 1 saturated heterocycles. The van der Waals surface area contributed by atoms with Crippen LogP contribution >= 0.6 is 11.8 Å². The first-order valence-electron chi connectivity index (χ1n) is 5.40. The molecular weight excluding hydrogens is 220 g/mol. The molecule has 1 heterocycles. The van der Waals surface area contributed by atoms with Crippen molar-refractivity contribution in [1.29, 1.82) is 0 Å². The third kappa shape index (κ3) is 1.83. The van der Waals surface area contributed by atoms with Crippen molar-refractivity contribution in [1.82, 2.24) is 5.32 Å². The molecule has 0 aliphatic carbocycles. The Hall–Kier alpha value is -1.00. The van der Waals surface area contributed by atoms with Gasteiger partial charge in [-0.3, -0.25) is 10.1 Å². The lowest BCUT2D eigenvalue weighted by Gasteiger charge is -2.31. The van der Waals surface area contributed by atoms with Gasteiger partial charge in [0.15, 0.2) is 4.87 Å². The van der Waals surface area contributed by atoms with Gasteiger partial charge in [-0.1, -0.05) is 37.3 Å². The molecular formula is C12H16N2OS. The highest BCUT2D eigenvalue weighted by atomic mass is 32.2. The molecule has 0 spiro atoms. The second-order valence-corrected chi connectivity index (χ2v) is 5.35. The average Bonchev–Trinajstić information content (AvgIpc) is 2.79. The Labute approximate surface area is 99.8 Å². The lowest BCUT2D eigenvalue weighted by molar-refractivity contribution is -0.121. The van der Waals surface area contributed by atoms with Gasteiger partial charge >= 0.3 is 0 Å². The highest BCUT2D eigenvalue weighted by Crippen LogP contribution is 2.39. The van der Waals surface area contributed by atoms with Gasteiger partial charge in [0.05, 0.1) is 0 Å². The summed E-state index contributed by atoms with van der Waals surface area (Å²) in [5.41, 5.74) is 6.69. The van der Waals surface area contributed by atoms with E-state index >= 15 is 0 Å². The molecule has 2 rings (SSSR count). The largest absolute Gasteiger partial charge is 0.367 e. The number of hydrogen-bond donors (Lipinski definition) is 2. The summed E-state index contributed by atoms with van der Waals surface area (Å²) >= 11 is 1.62. The topological polar surface area (TPSA) is 55.1 Å². The molecule has 2 unspecified atom stereocenters. The molecule has 86 valence electrons. The zero-order chi connectivity index (χ0) is 11.6. The Morgan fingerprint density at radius 3 is 2.69 bits per heavy atom. The first-order valence-corrected chi connectivity index (χ1v) is 6.39. The molecule has 4 heteroatoms. The first-order chi connectivity index (χ1) is 7.67. The van der Waals surface area contributed by atoms with Crippen LogP contribution in [-0.2, 0) is 4.79 Å². The number of carbonyl (C=O) groups is 1. The maximum atomic E-state index is 11.7. The maximum absolute atomic E-state index is 11.7. The van der Waals surface area contributed by atoms with E-state index in [1.165, 1.54) is 0 Å². The van der Waals surface area contributed by atoms with Crippen LogP contribution in [0.15, 0.2) is 30.3 Å². The number of carbonyl (C=O) groups excluding carboxylic acids is 1. The smallest absolute Gasteiger partial charge is 0.248 e. The molecule has 1 aliphatic heterocycles. The molecule has 1 aromatic rings. The SMILES string of the molecule is CC(c1ccccc1)C1(C(N)=O)NCCS1. The molecule has 3 N–H and O–H groups in total. The Kier molecular flexibility index (Phi) is 3.21. The van der Waals surface area contributed by atoms with Crippen LogP contribution < -0.4 is 11.1 Å². The number of benzene rings is 1. The zero-order valence-electron chi connectivity index (χ0n) is 9.27. The van der Waals surface area contributed by atoms with Crippen LogP contribution in [0.2, 0.25) is 0 Å². The Bertz CT molecular complexity index is 374. The average molecular weight is 236 g/mol. The fraction of sp³-hybridized carbons (Fsp3) is 0.417. The summed E-state index contributed by atoms with van der Waals surface area (Å²) in [5, 5.41) is 3.26. The number of nitrogens with one attached hydrogen (secondary N) is 1. The molecule has 16 heavy (non-hydrogen) atoms. The van der Waals surface area contributed by atoms with Crippen molar-refractivity contribution in [2.45, 2.75) is 17.7 Å². The van der Waals surface area contributed by atoms with E-state index in [0.29, 0.717) is 0 Å². The van der Waals surface area contributed by atoms with Crippen molar-refractivity contribution in [3.05, 3.63) is 35.9 Å². The van der Waals surface area contributed by atoms with Gasteiger partial charge in [-0.25, -0.2) is 0 Å². The normalized spacial score (nSPS) is 26.6. The van der Waals surface area contributed by atoms with Crippen LogP contribution in [0.25, 0.3) is 0 Å². The van der Waals surface area contributed by atoms with E-state index in [2.05, 4.69) is 5.32 Å². The van der Waals surface area contributed by atoms with Crippen LogP contribution in [-0.4, -0.2) is 23.1 Å². The first kappa shape index (κ1) is 11.5. The van der Waals surface area contributed by atoms with E-state index in [9.17, 15) is 4.79 Å². The summed E-state index contributed by atoms with van der Waals surface area (Å²) in [5.74, 6) is 0.741. The van der Waals surface area contributed by atoms with E-state index in [4.69, 9.17) is 5.73 Å². The van der Waals surface area contributed by atoms with E-state index in [1.807, 2.05) is 37.3 Å². The standard InChI is InChI=1S/C12H16N2OS/c1-9(10-5-3-2-4-6-10)12(11(13)15)14-7-8-16-12/h2-6,9,14H,7-8H2,1H3,(H2,13,15). The second kappa shape index (κ2) is 4.47. The highest BCUT2D eigenvalue weighted by molar-refractivity contribution is 8.01. The Morgan fingerprint density at radius 2 is 2.19 bits per heavy atom. The number of rotatable bonds is 3. The molecule has 2 atom stereocenters. The summed E-state index contributed by atoms with van der Waals surface area (Å²) in [7, 11) is 0. The van der Waals surface area contributed by atoms with Gasteiger partial charge in [0.25, 0.3) is 0 Å². The Balaban J connectivity index is 2.31. The van der Waals surface area contributed by atoms with Crippen molar-refractivity contribution in [3.8, 4) is 0 Å². The maximum Gasteiger partial charge on any atom is 0.248 e. The van der Waals surface area contributed by atoms with E-state index in [0.717, 1.165) is 17.9 Å². The predicted octanol–water partition coefficient (Wildman–Crippen LogP) is 1.31. The number of hydrogen-bond acceptors (Lipinski definition) is 3. The van der Waals surface area contributed by atoms with Crippen LogP contribution in [0.4, 0.5) is 0 Å². The quantitative estimate of drug-likeness (QED) is 0.832. The highest BCUT2D eigenvalue weighted by Gasteiger charge is 2.45. The third-order valence-corrected chi connectivity index (χ3v) is 4.66. The summed E-state index contributed by atoms with van der Waals surface area (Å²) in [6.07, 6.45) is 0. The minimum atomic E-state index is -0.638. The van der Waals surface area contributed by atoms with Gasteiger partial charge in [0.1, 0.15) is 0 Å². The number of primary amides is 1. The van der Waals surface area contributed by atoms with Gasteiger partial charge in [-0.2, -0.15) is 0 Å². The van der Waals surface area contributed by atoms with Crippen LogP contribution in [0.3, 0.4) is 0 Å². The van der Waals surface area contributed by atoms with Crippen LogP contribution in [0.1, 0.15) is 18.4 Å². The second-order valence-electron chi connectivity index (χ2n) is 4.01. The van der Waals surface area contributed by atoms with Gasteiger partial charge in [-0.05, 0) is 5.56 Å².